The zero-order valence-corrected chi connectivity index (χ0v) is 15.2. The lowest BCUT2D eigenvalue weighted by molar-refractivity contribution is 0.100. The van der Waals surface area contributed by atoms with Crippen molar-refractivity contribution in [3.05, 3.63) is 83.3 Å². The van der Waals surface area contributed by atoms with Crippen LogP contribution in [0.25, 0.3) is 0 Å². The number of rotatable bonds is 6. The third kappa shape index (κ3) is 4.76. The lowest BCUT2D eigenvalue weighted by atomic mass is 10.1. The number of nitrogens with zero attached hydrogens (tertiary/aromatic N) is 2. The molecule has 136 valence electrons. The van der Waals surface area contributed by atoms with Crippen molar-refractivity contribution >= 4 is 23.2 Å². The van der Waals surface area contributed by atoms with Gasteiger partial charge in [-0.15, -0.1) is 0 Å². The standard InChI is InChI=1S/C21H20N4O2/c1-14-6-3-4-7-17(14)11-23-20-13-22-19(12-24-20)21(27)25-18-9-5-8-16(10-18)15(2)26/h3-10,12-13H,11H2,1-2H3,(H,23,24)(H,25,27). The Morgan fingerprint density at radius 3 is 2.52 bits per heavy atom. The zero-order chi connectivity index (χ0) is 19.2. The van der Waals surface area contributed by atoms with Crippen LogP contribution in [0.15, 0.2) is 60.9 Å². The van der Waals surface area contributed by atoms with Gasteiger partial charge in [-0.05, 0) is 37.1 Å². The molecular weight excluding hydrogens is 340 g/mol. The quantitative estimate of drug-likeness (QED) is 0.652. The summed E-state index contributed by atoms with van der Waals surface area (Å²) in [5.41, 5.74) is 3.64. The zero-order valence-electron chi connectivity index (χ0n) is 15.2. The van der Waals surface area contributed by atoms with E-state index in [0.717, 1.165) is 0 Å². The third-order valence-electron chi connectivity index (χ3n) is 4.13. The molecule has 0 bridgehead atoms. The topological polar surface area (TPSA) is 84.0 Å². The first kappa shape index (κ1) is 18.3. The smallest absolute Gasteiger partial charge is 0.275 e. The van der Waals surface area contributed by atoms with Crippen LogP contribution in [0, 0.1) is 6.92 Å². The van der Waals surface area contributed by atoms with Crippen LogP contribution in [0.2, 0.25) is 0 Å². The molecular formula is C21H20N4O2. The molecule has 1 aromatic heterocycles. The van der Waals surface area contributed by atoms with Gasteiger partial charge < -0.3 is 10.6 Å². The molecule has 0 atom stereocenters. The third-order valence-corrected chi connectivity index (χ3v) is 4.13. The van der Waals surface area contributed by atoms with Gasteiger partial charge in [0.25, 0.3) is 5.91 Å². The van der Waals surface area contributed by atoms with Crippen molar-refractivity contribution in [2.24, 2.45) is 0 Å². The molecule has 6 nitrogen and oxygen atoms in total. The summed E-state index contributed by atoms with van der Waals surface area (Å²) in [6, 6.07) is 14.9. The van der Waals surface area contributed by atoms with Crippen LogP contribution < -0.4 is 10.6 Å². The summed E-state index contributed by atoms with van der Waals surface area (Å²) in [6.07, 6.45) is 2.95. The number of hydrogen-bond acceptors (Lipinski definition) is 5. The van der Waals surface area contributed by atoms with Gasteiger partial charge in [0.15, 0.2) is 5.78 Å². The molecule has 0 aliphatic carbocycles. The van der Waals surface area contributed by atoms with Crippen LogP contribution in [0.5, 0.6) is 0 Å². The summed E-state index contributed by atoms with van der Waals surface area (Å²) in [5, 5.41) is 5.92. The van der Waals surface area contributed by atoms with Crippen molar-refractivity contribution in [2.45, 2.75) is 20.4 Å². The van der Waals surface area contributed by atoms with Crippen LogP contribution >= 0.6 is 0 Å². The average Bonchev–Trinajstić information content (AvgIpc) is 2.68. The van der Waals surface area contributed by atoms with Crippen LogP contribution in [-0.4, -0.2) is 21.7 Å². The molecule has 0 radical (unpaired) electrons. The van der Waals surface area contributed by atoms with E-state index in [1.807, 2.05) is 18.2 Å². The number of aromatic nitrogens is 2. The first-order chi connectivity index (χ1) is 13.0. The van der Waals surface area contributed by atoms with E-state index in [0.29, 0.717) is 23.6 Å². The van der Waals surface area contributed by atoms with Crippen molar-refractivity contribution in [3.63, 3.8) is 0 Å². The number of carbonyl (C=O) groups is 2. The fourth-order valence-electron chi connectivity index (χ4n) is 2.54. The maximum Gasteiger partial charge on any atom is 0.275 e. The van der Waals surface area contributed by atoms with Crippen LogP contribution in [-0.2, 0) is 6.54 Å². The maximum atomic E-state index is 12.3. The van der Waals surface area contributed by atoms with Crippen LogP contribution in [0.1, 0.15) is 38.9 Å². The van der Waals surface area contributed by atoms with Gasteiger partial charge >= 0.3 is 0 Å². The summed E-state index contributed by atoms with van der Waals surface area (Å²) in [4.78, 5) is 32.2. The molecule has 0 unspecified atom stereocenters. The molecule has 3 aromatic rings. The molecule has 0 fully saturated rings. The highest BCUT2D eigenvalue weighted by Crippen LogP contribution is 2.13. The van der Waals surface area contributed by atoms with Crippen molar-refractivity contribution < 1.29 is 9.59 Å². The first-order valence-electron chi connectivity index (χ1n) is 8.56. The monoisotopic (exact) mass is 360 g/mol. The maximum absolute atomic E-state index is 12.3. The van der Waals surface area contributed by atoms with E-state index in [9.17, 15) is 9.59 Å². The molecule has 27 heavy (non-hydrogen) atoms. The second-order valence-electron chi connectivity index (χ2n) is 6.16. The van der Waals surface area contributed by atoms with E-state index in [-0.39, 0.29) is 17.4 Å². The van der Waals surface area contributed by atoms with E-state index < -0.39 is 0 Å². The van der Waals surface area contributed by atoms with E-state index in [4.69, 9.17) is 0 Å². The minimum absolute atomic E-state index is 0.0602. The average molecular weight is 360 g/mol. The number of Topliss-reactive ketones (excluding diaryl/α,β-unsaturated/α-hetero) is 1. The van der Waals surface area contributed by atoms with Gasteiger partial charge in [0.05, 0.1) is 12.4 Å². The highest BCUT2D eigenvalue weighted by molar-refractivity contribution is 6.03. The number of benzene rings is 2. The lowest BCUT2D eigenvalue weighted by Crippen LogP contribution is -2.15. The Morgan fingerprint density at radius 2 is 1.81 bits per heavy atom. The summed E-state index contributed by atoms with van der Waals surface area (Å²) < 4.78 is 0. The van der Waals surface area contributed by atoms with Crippen LogP contribution in [0.4, 0.5) is 11.5 Å². The molecule has 0 spiro atoms. The molecule has 0 saturated carbocycles. The normalized spacial score (nSPS) is 10.3. The number of carbonyl (C=O) groups excluding carboxylic acids is 2. The Kier molecular flexibility index (Phi) is 5.56. The van der Waals surface area contributed by atoms with E-state index in [1.165, 1.54) is 30.4 Å². The Hall–Kier alpha value is -3.54. The number of nitrogens with one attached hydrogen (secondary N) is 2. The Labute approximate surface area is 157 Å². The van der Waals surface area contributed by atoms with Gasteiger partial charge in [-0.2, -0.15) is 0 Å². The van der Waals surface area contributed by atoms with E-state index >= 15 is 0 Å². The molecule has 0 aliphatic rings. The van der Waals surface area contributed by atoms with Gasteiger partial charge in [0.1, 0.15) is 11.5 Å². The predicted molar refractivity (Wildman–Crippen MR) is 105 cm³/mol. The number of hydrogen-bond donors (Lipinski definition) is 2. The second kappa shape index (κ2) is 8.23. The van der Waals surface area contributed by atoms with Gasteiger partial charge in [-0.25, -0.2) is 9.97 Å². The van der Waals surface area contributed by atoms with Gasteiger partial charge in [-0.3, -0.25) is 9.59 Å². The van der Waals surface area contributed by atoms with Crippen molar-refractivity contribution in [3.8, 4) is 0 Å². The fraction of sp³-hybridized carbons (Fsp3) is 0.143. The van der Waals surface area contributed by atoms with Gasteiger partial charge in [0, 0.05) is 17.8 Å². The molecule has 0 aliphatic heterocycles. The fourth-order valence-corrected chi connectivity index (χ4v) is 2.54. The minimum atomic E-state index is -0.381. The molecule has 6 heteroatoms. The second-order valence-corrected chi connectivity index (χ2v) is 6.16. The predicted octanol–water partition coefficient (Wildman–Crippen LogP) is 3.85. The van der Waals surface area contributed by atoms with Gasteiger partial charge in [-0.1, -0.05) is 36.4 Å². The first-order valence-corrected chi connectivity index (χ1v) is 8.56. The molecule has 3 rings (SSSR count). The van der Waals surface area contributed by atoms with Crippen LogP contribution in [0.3, 0.4) is 0 Å². The molecule has 1 heterocycles. The summed E-state index contributed by atoms with van der Waals surface area (Å²) in [5.74, 6) is 0.150. The molecule has 1 amide bonds. The largest absolute Gasteiger partial charge is 0.365 e. The Balaban J connectivity index is 1.63. The molecule has 2 N–H and O–H groups in total. The number of anilines is 2. The Morgan fingerprint density at radius 1 is 1.00 bits per heavy atom. The summed E-state index contributed by atoms with van der Waals surface area (Å²) >= 11 is 0. The highest BCUT2D eigenvalue weighted by Gasteiger charge is 2.10. The Bertz CT molecular complexity index is 968. The molecule has 2 aromatic carbocycles. The lowest BCUT2D eigenvalue weighted by Gasteiger charge is -2.09. The minimum Gasteiger partial charge on any atom is -0.365 e. The van der Waals surface area contributed by atoms with Crippen molar-refractivity contribution in [2.75, 3.05) is 10.6 Å². The molecule has 0 saturated heterocycles. The van der Waals surface area contributed by atoms with Gasteiger partial charge in [0.2, 0.25) is 0 Å². The number of amides is 1. The summed E-state index contributed by atoms with van der Waals surface area (Å²) in [6.45, 7) is 4.16. The van der Waals surface area contributed by atoms with E-state index in [1.54, 1.807) is 24.3 Å². The number of ketones is 1. The van der Waals surface area contributed by atoms with E-state index in [2.05, 4.69) is 33.6 Å². The van der Waals surface area contributed by atoms with Crippen molar-refractivity contribution in [1.29, 1.82) is 0 Å². The van der Waals surface area contributed by atoms with Crippen molar-refractivity contribution in [1.82, 2.24) is 9.97 Å². The SMILES string of the molecule is CC(=O)c1cccc(NC(=O)c2cnc(NCc3ccccc3C)cn2)c1. The summed E-state index contributed by atoms with van der Waals surface area (Å²) in [7, 11) is 0. The number of aryl methyl sites for hydroxylation is 1. The highest BCUT2D eigenvalue weighted by atomic mass is 16.2.